The fourth-order valence-electron chi connectivity index (χ4n) is 6.70. The Bertz CT molecular complexity index is 1330. The number of nitrogens with zero attached hydrogens (tertiary/aromatic N) is 2. The maximum absolute atomic E-state index is 13.4. The summed E-state index contributed by atoms with van der Waals surface area (Å²) in [5.74, 6) is -0.901. The van der Waals surface area contributed by atoms with Crippen molar-refractivity contribution in [3.05, 3.63) is 65.0 Å². The zero-order valence-electron chi connectivity index (χ0n) is 27.4. The van der Waals surface area contributed by atoms with Gasteiger partial charge < -0.3 is 19.6 Å². The minimum absolute atomic E-state index is 0.0653. The molecule has 1 N–H and O–H groups in total. The molecule has 2 aliphatic heterocycles. The Hall–Kier alpha value is -3.14. The predicted octanol–water partition coefficient (Wildman–Crippen LogP) is 8.55. The Morgan fingerprint density at radius 1 is 1.07 bits per heavy atom. The van der Waals surface area contributed by atoms with Crippen molar-refractivity contribution in [2.45, 2.75) is 103 Å². The number of piperidine rings is 1. The van der Waals surface area contributed by atoms with Crippen LogP contribution in [0.3, 0.4) is 0 Å². The second-order valence-corrected chi connectivity index (χ2v) is 13.2. The summed E-state index contributed by atoms with van der Waals surface area (Å²) in [6.45, 7) is 11.0. The van der Waals surface area contributed by atoms with E-state index >= 15 is 0 Å². The van der Waals surface area contributed by atoms with E-state index in [2.05, 4.69) is 32.6 Å². The van der Waals surface area contributed by atoms with Crippen LogP contribution in [0.25, 0.3) is 0 Å². The highest BCUT2D eigenvalue weighted by molar-refractivity contribution is 5.89. The largest absolute Gasteiger partial charge is 0.478 e. The smallest absolute Gasteiger partial charge is 0.416 e. The third-order valence-corrected chi connectivity index (χ3v) is 9.80. The molecule has 0 radical (unpaired) electrons. The quantitative estimate of drug-likeness (QED) is 0.276. The van der Waals surface area contributed by atoms with E-state index in [1.54, 1.807) is 12.1 Å². The lowest BCUT2D eigenvalue weighted by Gasteiger charge is -2.43. The Balaban J connectivity index is 0.000000232. The van der Waals surface area contributed by atoms with E-state index < -0.39 is 29.1 Å². The first-order valence-electron chi connectivity index (χ1n) is 16.7. The molecule has 5 rings (SSSR count). The van der Waals surface area contributed by atoms with E-state index in [1.165, 1.54) is 24.3 Å². The number of carbonyl (C=O) groups excluding carboxylic acids is 1. The Kier molecular flexibility index (Phi) is 11.8. The van der Waals surface area contributed by atoms with Gasteiger partial charge in [0.2, 0.25) is 0 Å². The zero-order valence-corrected chi connectivity index (χ0v) is 27.4. The van der Waals surface area contributed by atoms with Crippen molar-refractivity contribution in [1.29, 1.82) is 0 Å². The first kappa shape index (κ1) is 35.7. The van der Waals surface area contributed by atoms with E-state index in [-0.39, 0.29) is 17.4 Å². The van der Waals surface area contributed by atoms with Crippen LogP contribution in [0.2, 0.25) is 0 Å². The second kappa shape index (κ2) is 15.2. The summed E-state index contributed by atoms with van der Waals surface area (Å²) in [4.78, 5) is 28.3. The Morgan fingerprint density at radius 3 is 2.30 bits per heavy atom. The van der Waals surface area contributed by atoms with Gasteiger partial charge >= 0.3 is 12.1 Å². The highest BCUT2D eigenvalue weighted by Gasteiger charge is 2.55. The molecule has 254 valence electrons. The molecule has 6 nitrogen and oxygen atoms in total. The van der Waals surface area contributed by atoms with Gasteiger partial charge in [-0.3, -0.25) is 4.79 Å². The summed E-state index contributed by atoms with van der Waals surface area (Å²) in [6.07, 6.45) is 2.92. The summed E-state index contributed by atoms with van der Waals surface area (Å²) < 4.78 is 58.5. The molecule has 1 amide bonds. The summed E-state index contributed by atoms with van der Waals surface area (Å²) in [6, 6.07) is 10.2. The fourth-order valence-corrected chi connectivity index (χ4v) is 6.70. The standard InChI is InChI=1S/C22H28F3NO2.C14H20FNO2/c1-15-7-10-21(28-14-15,18-5-6-18)20(27)26-11-8-16(9-12-26)17-3-2-4-19(13-17)22(23,24)25;1-4-8-16(10(3)5-2)11-6-7-13(15)12(9-11)14(17)18/h2-4,13,15-16,18H,5-12,14H2,1H3;6-7,9-10H,4-5,8H2,1-3H3,(H,17,18)/t15?,21-;/m0./s1. The topological polar surface area (TPSA) is 70.1 Å². The Labute approximate surface area is 270 Å². The second-order valence-electron chi connectivity index (χ2n) is 13.2. The van der Waals surface area contributed by atoms with Crippen molar-refractivity contribution in [2.24, 2.45) is 11.8 Å². The van der Waals surface area contributed by atoms with Crippen LogP contribution in [-0.2, 0) is 15.7 Å². The third-order valence-electron chi connectivity index (χ3n) is 9.80. The molecule has 2 saturated heterocycles. The highest BCUT2D eigenvalue weighted by atomic mass is 19.4. The first-order valence-corrected chi connectivity index (χ1v) is 16.7. The SMILES string of the molecule is CC1CC[C@@](C(=O)N2CCC(c3cccc(C(F)(F)F)c3)CC2)(C2CC2)OC1.CCCN(c1ccc(F)c(C(=O)O)c1)C(C)CC. The number of aromatic carboxylic acids is 1. The lowest BCUT2D eigenvalue weighted by molar-refractivity contribution is -0.174. The van der Waals surface area contributed by atoms with Crippen molar-refractivity contribution in [3.63, 3.8) is 0 Å². The van der Waals surface area contributed by atoms with Crippen molar-refractivity contribution in [3.8, 4) is 0 Å². The van der Waals surface area contributed by atoms with Crippen molar-refractivity contribution >= 4 is 17.6 Å². The number of carboxylic acids is 1. The van der Waals surface area contributed by atoms with Gasteiger partial charge in [0.25, 0.3) is 5.91 Å². The molecular weight excluding hydrogens is 600 g/mol. The molecule has 3 aliphatic rings. The van der Waals surface area contributed by atoms with Gasteiger partial charge in [0.15, 0.2) is 0 Å². The van der Waals surface area contributed by atoms with E-state index in [0.717, 1.165) is 62.4 Å². The van der Waals surface area contributed by atoms with E-state index in [9.17, 15) is 27.2 Å². The summed E-state index contributed by atoms with van der Waals surface area (Å²) in [7, 11) is 0. The van der Waals surface area contributed by atoms with Crippen molar-refractivity contribution in [1.82, 2.24) is 4.90 Å². The molecule has 2 aromatic carbocycles. The van der Waals surface area contributed by atoms with Gasteiger partial charge in [-0.15, -0.1) is 0 Å². The number of anilines is 1. The molecule has 0 aromatic heterocycles. The Morgan fingerprint density at radius 2 is 1.76 bits per heavy atom. The zero-order chi connectivity index (χ0) is 33.6. The third kappa shape index (κ3) is 8.41. The number of likely N-dealkylation sites (tertiary alicyclic amines) is 1. The number of rotatable bonds is 9. The number of amides is 1. The summed E-state index contributed by atoms with van der Waals surface area (Å²) >= 11 is 0. The van der Waals surface area contributed by atoms with Crippen LogP contribution in [0.1, 0.15) is 106 Å². The minimum Gasteiger partial charge on any atom is -0.478 e. The van der Waals surface area contributed by atoms with Gasteiger partial charge in [-0.1, -0.05) is 39.0 Å². The molecule has 10 heteroatoms. The van der Waals surface area contributed by atoms with Crippen LogP contribution in [0.5, 0.6) is 0 Å². The summed E-state index contributed by atoms with van der Waals surface area (Å²) in [5.41, 5.74) is -0.0142. The van der Waals surface area contributed by atoms with E-state index in [0.29, 0.717) is 50.4 Å². The number of halogens is 4. The number of alkyl halides is 3. The fraction of sp³-hybridized carbons (Fsp3) is 0.611. The molecule has 3 fully saturated rings. The predicted molar refractivity (Wildman–Crippen MR) is 171 cm³/mol. The molecule has 2 aromatic rings. The van der Waals surface area contributed by atoms with Crippen LogP contribution in [0.15, 0.2) is 42.5 Å². The maximum Gasteiger partial charge on any atom is 0.416 e. The molecule has 1 saturated carbocycles. The number of hydrogen-bond acceptors (Lipinski definition) is 4. The van der Waals surface area contributed by atoms with Gasteiger partial charge in [-0.2, -0.15) is 13.2 Å². The summed E-state index contributed by atoms with van der Waals surface area (Å²) in [5, 5.41) is 8.94. The lowest BCUT2D eigenvalue weighted by Crippen LogP contribution is -2.56. The minimum atomic E-state index is -4.32. The number of carbonyl (C=O) groups is 2. The van der Waals surface area contributed by atoms with E-state index in [1.807, 2.05) is 4.90 Å². The molecule has 2 heterocycles. The normalized spacial score (nSPS) is 22.9. The number of benzene rings is 2. The van der Waals surface area contributed by atoms with Crippen LogP contribution in [0, 0.1) is 17.7 Å². The number of ether oxygens (including phenoxy) is 1. The van der Waals surface area contributed by atoms with E-state index in [4.69, 9.17) is 9.84 Å². The van der Waals surface area contributed by atoms with Crippen molar-refractivity contribution < 1.29 is 37.0 Å². The van der Waals surface area contributed by atoms with Crippen LogP contribution >= 0.6 is 0 Å². The molecule has 1 aliphatic carbocycles. The molecule has 46 heavy (non-hydrogen) atoms. The maximum atomic E-state index is 13.4. The molecule has 0 bridgehead atoms. The number of carboxylic acid groups (broad SMARTS) is 1. The highest BCUT2D eigenvalue weighted by Crippen LogP contribution is 2.48. The average Bonchev–Trinajstić information content (AvgIpc) is 3.90. The number of hydrogen-bond donors (Lipinski definition) is 1. The molecule has 3 atom stereocenters. The van der Waals surface area contributed by atoms with Gasteiger partial charge in [0.05, 0.1) is 17.7 Å². The van der Waals surface area contributed by atoms with Gasteiger partial charge in [-0.05, 0) is 106 Å². The first-order chi connectivity index (χ1) is 21.8. The van der Waals surface area contributed by atoms with Gasteiger partial charge in [0, 0.05) is 31.4 Å². The average molecular weight is 649 g/mol. The molecule has 0 spiro atoms. The molecule has 2 unspecified atom stereocenters. The lowest BCUT2D eigenvalue weighted by atomic mass is 9.83. The van der Waals surface area contributed by atoms with Gasteiger partial charge in [-0.25, -0.2) is 9.18 Å². The van der Waals surface area contributed by atoms with Crippen LogP contribution in [-0.4, -0.2) is 59.8 Å². The van der Waals surface area contributed by atoms with Crippen LogP contribution in [0.4, 0.5) is 23.2 Å². The van der Waals surface area contributed by atoms with Gasteiger partial charge in [0.1, 0.15) is 11.4 Å². The molecular formula is C36H48F4N2O4. The van der Waals surface area contributed by atoms with Crippen LogP contribution < -0.4 is 4.90 Å². The monoisotopic (exact) mass is 648 g/mol. The van der Waals surface area contributed by atoms with Crippen molar-refractivity contribution in [2.75, 3.05) is 31.1 Å².